The number of allylic oxidation sites excluding steroid dienone is 1. The van der Waals surface area contributed by atoms with Gasteiger partial charge in [0.15, 0.2) is 5.78 Å². The third kappa shape index (κ3) is 4.06. The van der Waals surface area contributed by atoms with Crippen molar-refractivity contribution in [2.75, 3.05) is 0 Å². The van der Waals surface area contributed by atoms with Crippen molar-refractivity contribution in [1.29, 1.82) is 0 Å². The number of fused-ring (bicyclic) bond motifs is 1. The molecule has 2 aromatic carbocycles. The van der Waals surface area contributed by atoms with Gasteiger partial charge in [0, 0.05) is 6.08 Å². The van der Waals surface area contributed by atoms with Gasteiger partial charge in [0.25, 0.3) is 6.29 Å². The number of ether oxygens (including phenoxy) is 2. The lowest BCUT2D eigenvalue weighted by molar-refractivity contribution is -0.159. The van der Waals surface area contributed by atoms with E-state index in [2.05, 4.69) is 13.2 Å². The second kappa shape index (κ2) is 7.22. The Bertz CT molecular complexity index is 696. The summed E-state index contributed by atoms with van der Waals surface area (Å²) < 4.78 is 10.6. The summed E-state index contributed by atoms with van der Waals surface area (Å²) in [7, 11) is 0. The van der Waals surface area contributed by atoms with Gasteiger partial charge in [-0.05, 0) is 29.0 Å². The molecule has 4 heteroatoms. The van der Waals surface area contributed by atoms with E-state index >= 15 is 0 Å². The topological polar surface area (TPSA) is 52.6 Å². The minimum atomic E-state index is -1.02. The van der Waals surface area contributed by atoms with Crippen LogP contribution in [0.5, 0.6) is 5.75 Å². The zero-order valence-electron chi connectivity index (χ0n) is 12.0. The molecule has 0 N–H and O–H groups in total. The number of ketones is 1. The molecule has 0 heterocycles. The smallest absolute Gasteiger partial charge is 0.333 e. The lowest BCUT2D eigenvalue weighted by atomic mass is 10.1. The number of hydrogen-bond acceptors (Lipinski definition) is 4. The summed E-state index contributed by atoms with van der Waals surface area (Å²) in [5.74, 6) is -0.414. The van der Waals surface area contributed by atoms with Crippen LogP contribution >= 0.6 is 0 Å². The second-order valence-corrected chi connectivity index (χ2v) is 4.57. The minimum absolute atomic E-state index is 0.101. The molecule has 0 spiro atoms. The van der Waals surface area contributed by atoms with Gasteiger partial charge in [-0.1, -0.05) is 43.5 Å². The number of carbonyl (C=O) groups is 2. The van der Waals surface area contributed by atoms with E-state index in [9.17, 15) is 9.59 Å². The highest BCUT2D eigenvalue weighted by atomic mass is 16.7. The lowest BCUT2D eigenvalue weighted by Crippen LogP contribution is -2.26. The van der Waals surface area contributed by atoms with Crippen LogP contribution in [0.25, 0.3) is 10.8 Å². The molecule has 112 valence electrons. The molecule has 0 aliphatic carbocycles. The standard InChI is InChI=1S/C18H16O4/c1-3-15(19)12-18(22-17(20)4-2)21-16-10-9-13-7-5-6-8-14(13)11-16/h3-11,18H,1-2,12H2. The van der Waals surface area contributed by atoms with Crippen molar-refractivity contribution < 1.29 is 19.1 Å². The van der Waals surface area contributed by atoms with Crippen LogP contribution in [0.1, 0.15) is 6.42 Å². The van der Waals surface area contributed by atoms with E-state index in [0.717, 1.165) is 16.8 Å². The Balaban J connectivity index is 2.19. The van der Waals surface area contributed by atoms with E-state index in [1.807, 2.05) is 36.4 Å². The molecule has 0 amide bonds. The summed E-state index contributed by atoms with van der Waals surface area (Å²) in [5.41, 5.74) is 0. The predicted octanol–water partition coefficient (Wildman–Crippen LogP) is 3.42. The first-order chi connectivity index (χ1) is 10.6. The SMILES string of the molecule is C=CC(=O)CC(OC(=O)C=C)Oc1ccc2ccccc2c1. The van der Waals surface area contributed by atoms with Crippen LogP contribution in [-0.2, 0) is 14.3 Å². The summed E-state index contributed by atoms with van der Waals surface area (Å²) in [6.07, 6.45) is 1.07. The average molecular weight is 296 g/mol. The van der Waals surface area contributed by atoms with Gasteiger partial charge in [0.1, 0.15) is 5.75 Å². The maximum atomic E-state index is 11.5. The Morgan fingerprint density at radius 3 is 2.45 bits per heavy atom. The fourth-order valence-corrected chi connectivity index (χ4v) is 1.93. The third-order valence-electron chi connectivity index (χ3n) is 3.00. The Labute approximate surface area is 128 Å². The fraction of sp³-hybridized carbons (Fsp3) is 0.111. The highest BCUT2D eigenvalue weighted by molar-refractivity contribution is 5.90. The number of esters is 1. The lowest BCUT2D eigenvalue weighted by Gasteiger charge is -2.18. The molecule has 22 heavy (non-hydrogen) atoms. The van der Waals surface area contributed by atoms with Crippen LogP contribution in [0.4, 0.5) is 0 Å². The number of benzene rings is 2. The molecule has 2 rings (SSSR count). The molecule has 0 aliphatic rings. The van der Waals surface area contributed by atoms with Gasteiger partial charge in [0.05, 0.1) is 6.42 Å². The van der Waals surface area contributed by atoms with E-state index < -0.39 is 12.3 Å². The summed E-state index contributed by atoms with van der Waals surface area (Å²) in [6.45, 7) is 6.72. The maximum absolute atomic E-state index is 11.5. The van der Waals surface area contributed by atoms with Gasteiger partial charge in [-0.25, -0.2) is 4.79 Å². The second-order valence-electron chi connectivity index (χ2n) is 4.57. The Kier molecular flexibility index (Phi) is 5.09. The molecule has 1 atom stereocenters. The predicted molar refractivity (Wildman–Crippen MR) is 84.5 cm³/mol. The molecule has 1 unspecified atom stereocenters. The van der Waals surface area contributed by atoms with Crippen molar-refractivity contribution >= 4 is 22.5 Å². The molecule has 2 aromatic rings. The highest BCUT2D eigenvalue weighted by Crippen LogP contribution is 2.22. The average Bonchev–Trinajstić information content (AvgIpc) is 2.54. The van der Waals surface area contributed by atoms with Crippen molar-refractivity contribution in [1.82, 2.24) is 0 Å². The quantitative estimate of drug-likeness (QED) is 0.446. The van der Waals surface area contributed by atoms with E-state index in [-0.39, 0.29) is 12.2 Å². The van der Waals surface area contributed by atoms with Crippen LogP contribution in [-0.4, -0.2) is 18.0 Å². The Morgan fingerprint density at radius 2 is 1.77 bits per heavy atom. The van der Waals surface area contributed by atoms with E-state index in [1.54, 1.807) is 6.07 Å². The van der Waals surface area contributed by atoms with Crippen molar-refractivity contribution in [2.24, 2.45) is 0 Å². The van der Waals surface area contributed by atoms with E-state index in [0.29, 0.717) is 5.75 Å². The Morgan fingerprint density at radius 1 is 1.05 bits per heavy atom. The molecule has 0 aromatic heterocycles. The van der Waals surface area contributed by atoms with Crippen molar-refractivity contribution in [3.63, 3.8) is 0 Å². The van der Waals surface area contributed by atoms with Gasteiger partial charge in [-0.3, -0.25) is 4.79 Å². The molecule has 0 bridgehead atoms. The first kappa shape index (κ1) is 15.5. The molecular weight excluding hydrogens is 280 g/mol. The number of hydrogen-bond donors (Lipinski definition) is 0. The molecule has 0 aliphatic heterocycles. The maximum Gasteiger partial charge on any atom is 0.333 e. The number of carbonyl (C=O) groups excluding carboxylic acids is 2. The van der Waals surface area contributed by atoms with Gasteiger partial charge in [-0.15, -0.1) is 0 Å². The van der Waals surface area contributed by atoms with Gasteiger partial charge in [0.2, 0.25) is 0 Å². The van der Waals surface area contributed by atoms with E-state index in [1.165, 1.54) is 6.08 Å². The molecule has 0 fully saturated rings. The Hall–Kier alpha value is -2.88. The summed E-state index contributed by atoms with van der Waals surface area (Å²) in [5, 5.41) is 2.06. The van der Waals surface area contributed by atoms with Crippen LogP contribution in [0.3, 0.4) is 0 Å². The molecular formula is C18H16O4. The van der Waals surface area contributed by atoms with Crippen LogP contribution in [0, 0.1) is 0 Å². The molecule has 0 saturated carbocycles. The normalized spacial score (nSPS) is 11.5. The monoisotopic (exact) mass is 296 g/mol. The first-order valence-corrected chi connectivity index (χ1v) is 6.76. The van der Waals surface area contributed by atoms with Crippen LogP contribution < -0.4 is 4.74 Å². The van der Waals surface area contributed by atoms with Crippen molar-refractivity contribution in [3.8, 4) is 5.75 Å². The summed E-state index contributed by atoms with van der Waals surface area (Å²) in [4.78, 5) is 22.8. The molecule has 4 nitrogen and oxygen atoms in total. The summed E-state index contributed by atoms with van der Waals surface area (Å²) in [6, 6.07) is 13.3. The fourth-order valence-electron chi connectivity index (χ4n) is 1.93. The largest absolute Gasteiger partial charge is 0.454 e. The van der Waals surface area contributed by atoms with Gasteiger partial charge >= 0.3 is 5.97 Å². The zero-order chi connectivity index (χ0) is 15.9. The number of rotatable bonds is 7. The highest BCUT2D eigenvalue weighted by Gasteiger charge is 2.17. The molecule has 0 radical (unpaired) electrons. The van der Waals surface area contributed by atoms with E-state index in [4.69, 9.17) is 9.47 Å². The van der Waals surface area contributed by atoms with Gasteiger partial charge < -0.3 is 9.47 Å². The van der Waals surface area contributed by atoms with Gasteiger partial charge in [-0.2, -0.15) is 0 Å². The first-order valence-electron chi connectivity index (χ1n) is 6.76. The molecule has 0 saturated heterocycles. The van der Waals surface area contributed by atoms with Crippen molar-refractivity contribution in [2.45, 2.75) is 12.7 Å². The zero-order valence-corrected chi connectivity index (χ0v) is 12.0. The van der Waals surface area contributed by atoms with Crippen molar-refractivity contribution in [3.05, 3.63) is 67.8 Å². The summed E-state index contributed by atoms with van der Waals surface area (Å²) >= 11 is 0. The van der Waals surface area contributed by atoms with Crippen LogP contribution in [0.15, 0.2) is 67.8 Å². The van der Waals surface area contributed by atoms with Crippen LogP contribution in [0.2, 0.25) is 0 Å². The third-order valence-corrected chi connectivity index (χ3v) is 3.00. The minimum Gasteiger partial charge on any atom is -0.454 e.